The van der Waals surface area contributed by atoms with E-state index in [0.717, 1.165) is 28.1 Å². The third-order valence-corrected chi connectivity index (χ3v) is 7.80. The molecule has 0 aliphatic carbocycles. The molecule has 2 heterocycles. The molecule has 1 atom stereocenters. The van der Waals surface area contributed by atoms with Gasteiger partial charge >= 0.3 is 0 Å². The van der Waals surface area contributed by atoms with Crippen LogP contribution in [-0.2, 0) is 27.1 Å². The highest BCUT2D eigenvalue weighted by molar-refractivity contribution is 8.00. The molecule has 1 aliphatic heterocycles. The van der Waals surface area contributed by atoms with Crippen molar-refractivity contribution in [3.63, 3.8) is 0 Å². The maximum atomic E-state index is 13.7. The van der Waals surface area contributed by atoms with Crippen LogP contribution in [0, 0.1) is 5.82 Å². The minimum absolute atomic E-state index is 0.155. The highest BCUT2D eigenvalue weighted by Crippen LogP contribution is 2.50. The van der Waals surface area contributed by atoms with Gasteiger partial charge in [0, 0.05) is 23.1 Å². The molecule has 0 spiro atoms. The fraction of sp³-hybridized carbons (Fsp3) is 0.433. The summed E-state index contributed by atoms with van der Waals surface area (Å²) >= 11 is 1.52. The fourth-order valence-electron chi connectivity index (χ4n) is 4.67. The number of benzene rings is 2. The van der Waals surface area contributed by atoms with Gasteiger partial charge in [-0.05, 0) is 44.5 Å². The molecule has 39 heavy (non-hydrogen) atoms. The first-order valence-electron chi connectivity index (χ1n) is 13.0. The van der Waals surface area contributed by atoms with Crippen molar-refractivity contribution in [1.82, 2.24) is 15.1 Å². The number of hydrogen-bond donors (Lipinski definition) is 1. The number of rotatable bonds is 6. The van der Waals surface area contributed by atoms with Crippen LogP contribution in [0.2, 0.25) is 0 Å². The van der Waals surface area contributed by atoms with Crippen molar-refractivity contribution in [1.29, 1.82) is 0 Å². The number of para-hydroxylation sites is 1. The second-order valence-electron chi connectivity index (χ2n) is 11.7. The number of fused-ring (bicyclic) bond motifs is 1. The molecule has 0 fully saturated rings. The molecule has 9 heteroatoms. The van der Waals surface area contributed by atoms with Crippen LogP contribution < -0.4 is 15.0 Å². The summed E-state index contributed by atoms with van der Waals surface area (Å²) in [6.07, 6.45) is 0. The number of carbonyl (C=O) groups excluding carboxylic acids is 2. The third kappa shape index (κ3) is 6.13. The molecule has 0 saturated heterocycles. The maximum Gasteiger partial charge on any atom is 0.240 e. The Morgan fingerprint density at radius 1 is 1.10 bits per heavy atom. The molecule has 0 unspecified atom stereocenters. The van der Waals surface area contributed by atoms with Crippen molar-refractivity contribution in [2.24, 2.45) is 0 Å². The van der Waals surface area contributed by atoms with Crippen LogP contribution in [0.15, 0.2) is 48.5 Å². The second kappa shape index (κ2) is 11.0. The van der Waals surface area contributed by atoms with Gasteiger partial charge in [0.2, 0.25) is 11.8 Å². The fourth-order valence-corrected chi connectivity index (χ4v) is 5.89. The number of anilines is 1. The van der Waals surface area contributed by atoms with E-state index in [1.807, 2.05) is 49.7 Å². The van der Waals surface area contributed by atoms with Crippen LogP contribution in [0.5, 0.6) is 5.75 Å². The van der Waals surface area contributed by atoms with E-state index in [9.17, 15) is 14.0 Å². The lowest BCUT2D eigenvalue weighted by atomic mass is 9.87. The zero-order chi connectivity index (χ0) is 28.5. The lowest BCUT2D eigenvalue weighted by Crippen LogP contribution is -2.43. The number of nitrogens with zero attached hydrogens (tertiary/aromatic N) is 3. The zero-order valence-electron chi connectivity index (χ0n) is 23.7. The van der Waals surface area contributed by atoms with E-state index in [2.05, 4.69) is 26.1 Å². The first-order chi connectivity index (χ1) is 18.3. The van der Waals surface area contributed by atoms with Crippen LogP contribution in [0.3, 0.4) is 0 Å². The molecular formula is C30H37FN4O3S. The zero-order valence-corrected chi connectivity index (χ0v) is 24.5. The first-order valence-corrected chi connectivity index (χ1v) is 14.1. The number of halogens is 1. The Bertz CT molecular complexity index is 1360. The monoisotopic (exact) mass is 552 g/mol. The topological polar surface area (TPSA) is 76.5 Å². The van der Waals surface area contributed by atoms with E-state index in [1.165, 1.54) is 23.9 Å². The van der Waals surface area contributed by atoms with Gasteiger partial charge in [0.05, 0.1) is 29.3 Å². The maximum absolute atomic E-state index is 13.7. The molecule has 0 saturated carbocycles. The number of amides is 2. The van der Waals surface area contributed by atoms with Gasteiger partial charge in [-0.15, -0.1) is 11.8 Å². The quantitative estimate of drug-likeness (QED) is 0.433. The Hall–Kier alpha value is -3.33. The van der Waals surface area contributed by atoms with Crippen molar-refractivity contribution in [2.75, 3.05) is 24.3 Å². The smallest absolute Gasteiger partial charge is 0.240 e. The molecule has 1 aliphatic rings. The molecular weight excluding hydrogens is 515 g/mol. The van der Waals surface area contributed by atoms with Gasteiger partial charge < -0.3 is 10.1 Å². The third-order valence-electron chi connectivity index (χ3n) is 6.56. The van der Waals surface area contributed by atoms with Gasteiger partial charge in [0.1, 0.15) is 23.9 Å². The highest BCUT2D eigenvalue weighted by Gasteiger charge is 2.42. The number of thioether (sulfide) groups is 1. The number of carbonyl (C=O) groups is 2. The van der Waals surface area contributed by atoms with Gasteiger partial charge in [-0.25, -0.2) is 9.07 Å². The largest absolute Gasteiger partial charge is 0.496 e. The Labute approximate surface area is 234 Å². The molecule has 3 aromatic rings. The van der Waals surface area contributed by atoms with Gasteiger partial charge in [0.15, 0.2) is 0 Å². The minimum atomic E-state index is -0.461. The van der Waals surface area contributed by atoms with Crippen LogP contribution in [0.1, 0.15) is 69.2 Å². The van der Waals surface area contributed by atoms with Crippen molar-refractivity contribution in [3.8, 4) is 5.75 Å². The van der Waals surface area contributed by atoms with E-state index in [4.69, 9.17) is 9.84 Å². The average molecular weight is 553 g/mol. The summed E-state index contributed by atoms with van der Waals surface area (Å²) in [5.41, 5.74) is 2.74. The molecule has 0 radical (unpaired) electrons. The van der Waals surface area contributed by atoms with Gasteiger partial charge in [0.25, 0.3) is 0 Å². The summed E-state index contributed by atoms with van der Waals surface area (Å²) < 4.78 is 20.9. The Balaban J connectivity index is 1.82. The van der Waals surface area contributed by atoms with E-state index in [1.54, 1.807) is 24.1 Å². The predicted octanol–water partition coefficient (Wildman–Crippen LogP) is 5.57. The average Bonchev–Trinajstić information content (AvgIpc) is 3.23. The Morgan fingerprint density at radius 3 is 2.38 bits per heavy atom. The first kappa shape index (κ1) is 28.7. The lowest BCUT2D eigenvalue weighted by molar-refractivity contribution is -0.123. The number of nitrogens with one attached hydrogen (secondary N) is 1. The Morgan fingerprint density at radius 2 is 1.77 bits per heavy atom. The number of methoxy groups -OCH3 is 1. The summed E-state index contributed by atoms with van der Waals surface area (Å²) in [6.45, 7) is 12.5. The van der Waals surface area contributed by atoms with Gasteiger partial charge in [-0.2, -0.15) is 5.10 Å². The summed E-state index contributed by atoms with van der Waals surface area (Å²) in [5.74, 6) is 0.758. The summed E-state index contributed by atoms with van der Waals surface area (Å²) in [6, 6.07) is 13.8. The summed E-state index contributed by atoms with van der Waals surface area (Å²) in [7, 11) is 1.65. The minimum Gasteiger partial charge on any atom is -0.496 e. The predicted molar refractivity (Wildman–Crippen MR) is 154 cm³/mol. The molecule has 1 aromatic heterocycles. The standard InChI is InChI=1S/C30H37FN4O3S/c1-29(2,3)27-25-26(21-10-8-9-11-22(21)38-7)39-18-24(37)34(28(25)35(33-27)30(4,5)6)17-23(36)32-16-19-12-14-20(31)15-13-19/h8-15,26H,16-18H2,1-7H3,(H,32,36)/t26-/m1/s1. The normalized spacial score (nSPS) is 16.1. The van der Waals surface area contributed by atoms with Crippen LogP contribution >= 0.6 is 11.8 Å². The van der Waals surface area contributed by atoms with Crippen molar-refractivity contribution in [3.05, 3.63) is 76.7 Å². The van der Waals surface area contributed by atoms with E-state index in [0.29, 0.717) is 5.82 Å². The SMILES string of the molecule is COc1ccccc1[C@H]1SCC(=O)N(CC(=O)NCc2ccc(F)cc2)c2c1c(C(C)(C)C)nn2C(C)(C)C. The van der Waals surface area contributed by atoms with Crippen LogP contribution in [-0.4, -0.2) is 41.0 Å². The number of aromatic nitrogens is 2. The molecule has 2 amide bonds. The Kier molecular flexibility index (Phi) is 8.12. The van der Waals surface area contributed by atoms with E-state index in [-0.39, 0.29) is 47.1 Å². The van der Waals surface area contributed by atoms with Crippen LogP contribution in [0.4, 0.5) is 10.2 Å². The molecule has 4 rings (SSSR count). The van der Waals surface area contributed by atoms with Crippen molar-refractivity contribution in [2.45, 2.75) is 64.3 Å². The highest BCUT2D eigenvalue weighted by atomic mass is 32.2. The van der Waals surface area contributed by atoms with E-state index < -0.39 is 5.54 Å². The number of hydrogen-bond acceptors (Lipinski definition) is 5. The molecule has 1 N–H and O–H groups in total. The van der Waals surface area contributed by atoms with Crippen LogP contribution in [0.25, 0.3) is 0 Å². The molecule has 0 bridgehead atoms. The summed E-state index contributed by atoms with van der Waals surface area (Å²) in [5, 5.41) is 7.76. The lowest BCUT2D eigenvalue weighted by Gasteiger charge is -2.29. The summed E-state index contributed by atoms with van der Waals surface area (Å²) in [4.78, 5) is 28.5. The second-order valence-corrected chi connectivity index (χ2v) is 12.8. The molecule has 208 valence electrons. The van der Waals surface area contributed by atoms with Crippen molar-refractivity contribution >= 4 is 29.4 Å². The van der Waals surface area contributed by atoms with Crippen molar-refractivity contribution < 1.29 is 18.7 Å². The van der Waals surface area contributed by atoms with E-state index >= 15 is 0 Å². The van der Waals surface area contributed by atoms with Gasteiger partial charge in [-0.1, -0.05) is 51.1 Å². The number of ether oxygens (including phenoxy) is 1. The molecule has 7 nitrogen and oxygen atoms in total. The van der Waals surface area contributed by atoms with Gasteiger partial charge in [-0.3, -0.25) is 14.5 Å². The molecule has 2 aromatic carbocycles.